The zero-order chi connectivity index (χ0) is 20.6. The van der Waals surface area contributed by atoms with E-state index in [9.17, 15) is 19.7 Å². The summed E-state index contributed by atoms with van der Waals surface area (Å²) in [5.41, 5.74) is 1.21. The van der Waals surface area contributed by atoms with Gasteiger partial charge in [0.1, 0.15) is 4.91 Å². The summed E-state index contributed by atoms with van der Waals surface area (Å²) >= 11 is 2.46. The predicted octanol–water partition coefficient (Wildman–Crippen LogP) is 3.14. The average molecular weight is 422 g/mol. The average Bonchev–Trinajstić information content (AvgIpc) is 3.16. The maximum atomic E-state index is 12.4. The summed E-state index contributed by atoms with van der Waals surface area (Å²) in [6.07, 6.45) is 0. The van der Waals surface area contributed by atoms with E-state index in [0.717, 1.165) is 0 Å². The lowest BCUT2D eigenvalue weighted by Crippen LogP contribution is -2.47. The van der Waals surface area contributed by atoms with Crippen LogP contribution in [0.5, 0.6) is 0 Å². The number of allylic oxidation sites excluding steroid dienone is 1. The van der Waals surface area contributed by atoms with Crippen LogP contribution in [0, 0.1) is 10.1 Å². The van der Waals surface area contributed by atoms with Gasteiger partial charge in [-0.1, -0.05) is 11.8 Å². The Bertz CT molecular complexity index is 915. The number of anilines is 1. The summed E-state index contributed by atoms with van der Waals surface area (Å²) < 4.78 is 4.21. The van der Waals surface area contributed by atoms with E-state index in [2.05, 4.69) is 5.10 Å². The van der Waals surface area contributed by atoms with Gasteiger partial charge in [0.25, 0.3) is 5.69 Å². The number of rotatable bonds is 5. The van der Waals surface area contributed by atoms with Gasteiger partial charge in [-0.2, -0.15) is 5.10 Å². The van der Waals surface area contributed by atoms with Crippen LogP contribution < -0.4 is 5.01 Å². The van der Waals surface area contributed by atoms with Gasteiger partial charge in [-0.05, 0) is 37.7 Å². The van der Waals surface area contributed by atoms with E-state index in [4.69, 9.17) is 4.74 Å². The molecule has 0 fully saturated rings. The highest BCUT2D eigenvalue weighted by Gasteiger charge is 2.56. The lowest BCUT2D eigenvalue weighted by atomic mass is 10.3. The number of ketones is 1. The third kappa shape index (κ3) is 3.24. The molecule has 0 saturated carbocycles. The molecule has 1 atom stereocenters. The number of nitro groups is 1. The summed E-state index contributed by atoms with van der Waals surface area (Å²) in [7, 11) is 1.80. The summed E-state index contributed by atoms with van der Waals surface area (Å²) in [4.78, 5) is 37.1. The van der Waals surface area contributed by atoms with E-state index in [1.165, 1.54) is 42.6 Å². The Kier molecular flexibility index (Phi) is 5.39. The molecule has 0 aliphatic carbocycles. The number of esters is 1. The largest absolute Gasteiger partial charge is 0.462 e. The van der Waals surface area contributed by atoms with Crippen LogP contribution in [0.4, 0.5) is 11.4 Å². The molecule has 0 radical (unpaired) electrons. The smallest absolute Gasteiger partial charge is 0.346 e. The standard InChI is InChI=1S/C17H18N4O5S2/c1-5-26-16(23)14-10(2)19(4)17(27-14)20(18-15(28-17)11(3)22)12-6-8-13(9-7-12)21(24)25/h6-9H,5H2,1-4H3. The van der Waals surface area contributed by atoms with Crippen LogP contribution >= 0.6 is 23.5 Å². The van der Waals surface area contributed by atoms with Crippen molar-refractivity contribution in [2.75, 3.05) is 18.7 Å². The fourth-order valence-corrected chi connectivity index (χ4v) is 5.60. The number of carbonyl (C=O) groups is 2. The Balaban J connectivity index is 2.03. The normalized spacial score (nSPS) is 21.4. The Morgan fingerprint density at radius 1 is 1.29 bits per heavy atom. The molecule has 1 spiro atoms. The SMILES string of the molecule is CCOC(=O)C1=C(C)N(C)C2(SC(C(C)=O)=NN2c2ccc([N+](=O)[O-])cc2)S1. The Labute approximate surface area is 169 Å². The molecule has 0 amide bonds. The highest BCUT2D eigenvalue weighted by Crippen LogP contribution is 2.58. The maximum Gasteiger partial charge on any atom is 0.346 e. The molecule has 28 heavy (non-hydrogen) atoms. The van der Waals surface area contributed by atoms with Crippen LogP contribution in [-0.2, 0) is 14.3 Å². The molecule has 0 aromatic heterocycles. The van der Waals surface area contributed by atoms with Crippen molar-refractivity contribution in [1.29, 1.82) is 0 Å². The lowest BCUT2D eigenvalue weighted by Gasteiger charge is -2.39. The maximum absolute atomic E-state index is 12.4. The molecule has 3 rings (SSSR count). The van der Waals surface area contributed by atoms with Crippen molar-refractivity contribution in [3.8, 4) is 0 Å². The molecule has 2 aliphatic rings. The van der Waals surface area contributed by atoms with Gasteiger partial charge in [0, 0.05) is 31.8 Å². The quantitative estimate of drug-likeness (QED) is 0.402. The minimum absolute atomic E-state index is 0.0469. The third-order valence-corrected chi connectivity index (χ3v) is 7.40. The van der Waals surface area contributed by atoms with E-state index in [-0.39, 0.29) is 23.1 Å². The van der Waals surface area contributed by atoms with Crippen LogP contribution in [0.3, 0.4) is 0 Å². The van der Waals surface area contributed by atoms with Gasteiger partial charge in [-0.3, -0.25) is 14.9 Å². The van der Waals surface area contributed by atoms with Crippen LogP contribution in [0.15, 0.2) is 40.0 Å². The summed E-state index contributed by atoms with van der Waals surface area (Å²) in [5.74, 6) is -0.640. The molecule has 0 N–H and O–H groups in total. The van der Waals surface area contributed by atoms with Crippen LogP contribution in [0.25, 0.3) is 0 Å². The van der Waals surface area contributed by atoms with Gasteiger partial charge in [0.2, 0.25) is 4.33 Å². The van der Waals surface area contributed by atoms with E-state index >= 15 is 0 Å². The molecule has 11 heteroatoms. The van der Waals surface area contributed by atoms with Crippen molar-refractivity contribution < 1.29 is 19.2 Å². The number of carbonyl (C=O) groups excluding carboxylic acids is 2. The van der Waals surface area contributed by atoms with Crippen molar-refractivity contribution in [3.05, 3.63) is 45.0 Å². The van der Waals surface area contributed by atoms with Crippen LogP contribution in [0.2, 0.25) is 0 Å². The molecular formula is C17H18N4O5S2. The van der Waals surface area contributed by atoms with Gasteiger partial charge in [-0.25, -0.2) is 9.80 Å². The van der Waals surface area contributed by atoms with E-state index in [1.807, 2.05) is 4.90 Å². The fourth-order valence-electron chi connectivity index (χ4n) is 2.72. The number of benzene rings is 1. The summed E-state index contributed by atoms with van der Waals surface area (Å²) in [6, 6.07) is 5.89. The highest BCUT2D eigenvalue weighted by atomic mass is 32.2. The number of nitro benzene ring substituents is 1. The number of thioether (sulfide) groups is 2. The first-order valence-electron chi connectivity index (χ1n) is 8.35. The van der Waals surface area contributed by atoms with Crippen molar-refractivity contribution >= 4 is 51.7 Å². The topological polar surface area (TPSA) is 105 Å². The van der Waals surface area contributed by atoms with Crippen molar-refractivity contribution in [2.45, 2.75) is 25.1 Å². The van der Waals surface area contributed by atoms with Crippen LogP contribution in [-0.4, -0.2) is 44.6 Å². The molecule has 2 aliphatic heterocycles. The monoisotopic (exact) mass is 422 g/mol. The fraction of sp³-hybridized carbons (Fsp3) is 0.353. The van der Waals surface area contributed by atoms with Crippen molar-refractivity contribution in [2.24, 2.45) is 5.10 Å². The second-order valence-electron chi connectivity index (χ2n) is 5.99. The van der Waals surface area contributed by atoms with Gasteiger partial charge < -0.3 is 9.64 Å². The van der Waals surface area contributed by atoms with Gasteiger partial charge >= 0.3 is 5.97 Å². The zero-order valence-corrected chi connectivity index (χ0v) is 17.3. The van der Waals surface area contributed by atoms with Gasteiger partial charge in [-0.15, -0.1) is 0 Å². The Hall–Kier alpha value is -2.53. The van der Waals surface area contributed by atoms with E-state index in [1.54, 1.807) is 38.0 Å². The first-order valence-corrected chi connectivity index (χ1v) is 9.98. The van der Waals surface area contributed by atoms with Crippen LogP contribution in [0.1, 0.15) is 20.8 Å². The number of hydrazone groups is 1. The Morgan fingerprint density at radius 3 is 2.46 bits per heavy atom. The van der Waals surface area contributed by atoms with E-state index < -0.39 is 15.2 Å². The van der Waals surface area contributed by atoms with Crippen molar-refractivity contribution in [1.82, 2.24) is 4.90 Å². The molecular weight excluding hydrogens is 404 g/mol. The predicted molar refractivity (Wildman–Crippen MR) is 109 cm³/mol. The first-order chi connectivity index (χ1) is 13.2. The molecule has 9 nitrogen and oxygen atoms in total. The molecule has 2 heterocycles. The highest BCUT2D eigenvalue weighted by molar-refractivity contribution is 8.28. The number of nitrogens with zero attached hydrogens (tertiary/aromatic N) is 4. The molecule has 0 bridgehead atoms. The molecule has 0 saturated heterocycles. The second kappa shape index (κ2) is 7.47. The molecule has 1 unspecified atom stereocenters. The Morgan fingerprint density at radius 2 is 1.93 bits per heavy atom. The second-order valence-corrected chi connectivity index (χ2v) is 8.59. The molecule has 1 aromatic rings. The summed E-state index contributed by atoms with van der Waals surface area (Å²) in [6.45, 7) is 5.21. The molecule has 148 valence electrons. The number of hydrogen-bond donors (Lipinski definition) is 0. The third-order valence-electron chi connectivity index (χ3n) is 4.25. The molecule has 1 aromatic carbocycles. The number of hydrogen-bond acceptors (Lipinski definition) is 10. The summed E-state index contributed by atoms with van der Waals surface area (Å²) in [5, 5.41) is 17.3. The number of Topliss-reactive ketones (excluding diaryl/α,β-unsaturated/α-hetero) is 1. The number of ether oxygens (including phenoxy) is 1. The lowest BCUT2D eigenvalue weighted by molar-refractivity contribution is -0.384. The first kappa shape index (κ1) is 20.2. The minimum atomic E-state index is -0.941. The van der Waals surface area contributed by atoms with E-state index in [0.29, 0.717) is 16.3 Å². The van der Waals surface area contributed by atoms with Crippen molar-refractivity contribution in [3.63, 3.8) is 0 Å². The number of non-ortho nitro benzene ring substituents is 1. The minimum Gasteiger partial charge on any atom is -0.462 e. The van der Waals surface area contributed by atoms with Gasteiger partial charge in [0.05, 0.1) is 17.2 Å². The zero-order valence-electron chi connectivity index (χ0n) is 15.7. The van der Waals surface area contributed by atoms with Gasteiger partial charge in [0.15, 0.2) is 10.8 Å².